The van der Waals surface area contributed by atoms with Crippen molar-refractivity contribution in [1.29, 1.82) is 0 Å². The molecule has 1 aromatic rings. The number of benzene rings is 1. The van der Waals surface area contributed by atoms with E-state index in [0.717, 1.165) is 24.0 Å². The van der Waals surface area contributed by atoms with E-state index in [0.29, 0.717) is 6.42 Å². The standard InChI is InChI=1S/C12H20NO.C4H8O2/c1-13(2,9-6-10-14)11-12-7-4-3-5-8-12;1-2-3-4(5)6/h3-5,7-8,14H,6,9-11H2,1-2H3;2-3H2,1H3,(H,5,6)/q+1;/p-1. The summed E-state index contributed by atoms with van der Waals surface area (Å²) in [6, 6.07) is 10.5. The predicted molar refractivity (Wildman–Crippen MR) is 78.7 cm³/mol. The zero-order valence-electron chi connectivity index (χ0n) is 12.8. The Morgan fingerprint density at radius 3 is 2.25 bits per heavy atom. The van der Waals surface area contributed by atoms with Gasteiger partial charge in [0.15, 0.2) is 0 Å². The normalized spacial score (nSPS) is 10.6. The summed E-state index contributed by atoms with van der Waals surface area (Å²) in [5, 5.41) is 18.3. The van der Waals surface area contributed by atoms with Crippen molar-refractivity contribution in [2.45, 2.75) is 32.7 Å². The third kappa shape index (κ3) is 10.5. The van der Waals surface area contributed by atoms with Crippen molar-refractivity contribution in [3.63, 3.8) is 0 Å². The molecule has 0 saturated carbocycles. The molecule has 114 valence electrons. The number of carbonyl (C=O) groups is 1. The summed E-state index contributed by atoms with van der Waals surface area (Å²) in [7, 11) is 4.39. The van der Waals surface area contributed by atoms with Crippen molar-refractivity contribution in [2.75, 3.05) is 27.2 Å². The van der Waals surface area contributed by atoms with Crippen molar-refractivity contribution in [2.24, 2.45) is 0 Å². The molecule has 0 heterocycles. The zero-order chi connectivity index (χ0) is 15.4. The molecular formula is C16H27NO3. The smallest absolute Gasteiger partial charge is 0.104 e. The van der Waals surface area contributed by atoms with E-state index in [-0.39, 0.29) is 13.0 Å². The van der Waals surface area contributed by atoms with Crippen molar-refractivity contribution in [1.82, 2.24) is 0 Å². The second-order valence-corrected chi connectivity index (χ2v) is 5.50. The second kappa shape index (κ2) is 10.4. The molecule has 0 unspecified atom stereocenters. The molecule has 4 heteroatoms. The Morgan fingerprint density at radius 1 is 1.25 bits per heavy atom. The molecule has 1 N–H and O–H groups in total. The summed E-state index contributed by atoms with van der Waals surface area (Å²) < 4.78 is 0.935. The molecule has 0 saturated heterocycles. The molecule has 1 rings (SSSR count). The fraction of sp³-hybridized carbons (Fsp3) is 0.562. The lowest BCUT2D eigenvalue weighted by Crippen LogP contribution is -2.39. The minimum absolute atomic E-state index is 0.181. The molecule has 0 aliphatic carbocycles. The number of carbonyl (C=O) groups excluding carboxylic acids is 1. The van der Waals surface area contributed by atoms with Gasteiger partial charge in [-0.25, -0.2) is 0 Å². The number of rotatable bonds is 7. The van der Waals surface area contributed by atoms with Crippen LogP contribution in [0.4, 0.5) is 0 Å². The number of quaternary nitrogens is 1. The highest BCUT2D eigenvalue weighted by Gasteiger charge is 2.14. The number of aliphatic carboxylic acids is 1. The van der Waals surface area contributed by atoms with Crippen molar-refractivity contribution < 1.29 is 19.5 Å². The van der Waals surface area contributed by atoms with Gasteiger partial charge in [0, 0.05) is 24.6 Å². The maximum Gasteiger partial charge on any atom is 0.104 e. The lowest BCUT2D eigenvalue weighted by Gasteiger charge is -2.29. The quantitative estimate of drug-likeness (QED) is 0.764. The van der Waals surface area contributed by atoms with Gasteiger partial charge >= 0.3 is 0 Å². The highest BCUT2D eigenvalue weighted by molar-refractivity contribution is 5.63. The van der Waals surface area contributed by atoms with Crippen LogP contribution in [0.3, 0.4) is 0 Å². The molecule has 0 aliphatic rings. The maximum atomic E-state index is 9.49. The van der Waals surface area contributed by atoms with Crippen LogP contribution in [0.15, 0.2) is 30.3 Å². The van der Waals surface area contributed by atoms with Crippen molar-refractivity contribution in [3.05, 3.63) is 35.9 Å². The molecule has 20 heavy (non-hydrogen) atoms. The fourth-order valence-corrected chi connectivity index (χ4v) is 1.86. The Balaban J connectivity index is 0.000000511. The van der Waals surface area contributed by atoms with Crippen LogP contribution < -0.4 is 5.11 Å². The molecule has 1 aromatic carbocycles. The van der Waals surface area contributed by atoms with Crippen LogP contribution in [-0.4, -0.2) is 42.8 Å². The summed E-state index contributed by atoms with van der Waals surface area (Å²) in [5.41, 5.74) is 1.36. The molecule has 0 fully saturated rings. The average molecular weight is 281 g/mol. The SMILES string of the molecule is CCCC(=O)[O-].C[N+](C)(CCCO)Cc1ccccc1. The molecule has 0 aliphatic heterocycles. The topological polar surface area (TPSA) is 60.4 Å². The minimum Gasteiger partial charge on any atom is -0.550 e. The van der Waals surface area contributed by atoms with E-state index < -0.39 is 5.97 Å². The molecule has 0 spiro atoms. The summed E-state index contributed by atoms with van der Waals surface area (Å²) >= 11 is 0. The summed E-state index contributed by atoms with van der Waals surface area (Å²) in [5.74, 6) is -0.961. The Kier molecular flexibility index (Phi) is 9.68. The monoisotopic (exact) mass is 281 g/mol. The van der Waals surface area contributed by atoms with Gasteiger partial charge in [0.25, 0.3) is 0 Å². The van der Waals surface area contributed by atoms with E-state index in [1.807, 2.05) is 6.07 Å². The number of aliphatic hydroxyl groups excluding tert-OH is 1. The fourth-order valence-electron chi connectivity index (χ4n) is 1.86. The van der Waals surface area contributed by atoms with E-state index in [4.69, 9.17) is 5.11 Å². The van der Waals surface area contributed by atoms with Crippen LogP contribution >= 0.6 is 0 Å². The molecule has 0 amide bonds. The number of hydrogen-bond acceptors (Lipinski definition) is 3. The third-order valence-electron chi connectivity index (χ3n) is 2.83. The number of aliphatic hydroxyl groups is 1. The lowest BCUT2D eigenvalue weighted by atomic mass is 10.2. The van der Waals surface area contributed by atoms with Crippen molar-refractivity contribution >= 4 is 5.97 Å². The van der Waals surface area contributed by atoms with Crippen LogP contribution in [-0.2, 0) is 11.3 Å². The van der Waals surface area contributed by atoms with E-state index in [9.17, 15) is 9.90 Å². The Morgan fingerprint density at radius 2 is 1.85 bits per heavy atom. The summed E-state index contributed by atoms with van der Waals surface area (Å²) in [6.07, 6.45) is 1.72. The van der Waals surface area contributed by atoms with E-state index in [2.05, 4.69) is 38.4 Å². The zero-order valence-corrected chi connectivity index (χ0v) is 12.8. The minimum atomic E-state index is -0.961. The van der Waals surface area contributed by atoms with Gasteiger partial charge in [-0.2, -0.15) is 0 Å². The van der Waals surface area contributed by atoms with Crippen LogP contribution in [0.1, 0.15) is 31.7 Å². The van der Waals surface area contributed by atoms with Crippen LogP contribution in [0.25, 0.3) is 0 Å². The average Bonchev–Trinajstić information content (AvgIpc) is 2.38. The molecule has 4 nitrogen and oxygen atoms in total. The molecule has 0 aromatic heterocycles. The summed E-state index contributed by atoms with van der Waals surface area (Å²) in [6.45, 7) is 4.14. The second-order valence-electron chi connectivity index (χ2n) is 5.50. The van der Waals surface area contributed by atoms with Crippen LogP contribution in [0, 0.1) is 0 Å². The molecule has 0 atom stereocenters. The maximum absolute atomic E-state index is 9.49. The Hall–Kier alpha value is -1.39. The van der Waals surface area contributed by atoms with Gasteiger partial charge in [-0.15, -0.1) is 0 Å². The van der Waals surface area contributed by atoms with Gasteiger partial charge in [-0.3, -0.25) is 0 Å². The predicted octanol–water partition coefficient (Wildman–Crippen LogP) is 1.18. The lowest BCUT2D eigenvalue weighted by molar-refractivity contribution is -0.903. The van der Waals surface area contributed by atoms with Gasteiger partial charge in [0.05, 0.1) is 20.6 Å². The highest BCUT2D eigenvalue weighted by atomic mass is 16.4. The van der Waals surface area contributed by atoms with E-state index in [1.54, 1.807) is 6.92 Å². The Labute approximate surface area is 122 Å². The first-order chi connectivity index (χ1) is 9.41. The van der Waals surface area contributed by atoms with Gasteiger partial charge < -0.3 is 19.5 Å². The van der Waals surface area contributed by atoms with Crippen LogP contribution in [0.5, 0.6) is 0 Å². The first-order valence-electron chi connectivity index (χ1n) is 7.08. The first kappa shape index (κ1) is 18.6. The van der Waals surface area contributed by atoms with Crippen LogP contribution in [0.2, 0.25) is 0 Å². The van der Waals surface area contributed by atoms with E-state index in [1.165, 1.54) is 5.56 Å². The summed E-state index contributed by atoms with van der Waals surface area (Å²) in [4.78, 5) is 9.49. The number of hydrogen-bond donors (Lipinski definition) is 1. The van der Waals surface area contributed by atoms with E-state index >= 15 is 0 Å². The van der Waals surface area contributed by atoms with Gasteiger partial charge in [-0.1, -0.05) is 43.7 Å². The number of nitrogens with zero attached hydrogens (tertiary/aromatic N) is 1. The van der Waals surface area contributed by atoms with Crippen molar-refractivity contribution in [3.8, 4) is 0 Å². The molecular weight excluding hydrogens is 254 g/mol. The van der Waals surface area contributed by atoms with Gasteiger partial charge in [0.2, 0.25) is 0 Å². The van der Waals surface area contributed by atoms with Gasteiger partial charge in [-0.05, 0) is 6.42 Å². The van der Waals surface area contributed by atoms with Gasteiger partial charge in [0.1, 0.15) is 6.54 Å². The largest absolute Gasteiger partial charge is 0.550 e. The number of carboxylic acid groups (broad SMARTS) is 1. The number of carboxylic acids is 1. The molecule has 0 radical (unpaired) electrons. The molecule has 0 bridgehead atoms. The first-order valence-corrected chi connectivity index (χ1v) is 7.08. The Bertz CT molecular complexity index is 363. The third-order valence-corrected chi connectivity index (χ3v) is 2.83. The highest BCUT2D eigenvalue weighted by Crippen LogP contribution is 2.09.